The number of carbonyl (C=O) groups is 2. The summed E-state index contributed by atoms with van der Waals surface area (Å²) in [4.78, 5) is 24.1. The third-order valence-corrected chi connectivity index (χ3v) is 6.55. The molecule has 0 aliphatic heterocycles. The van der Waals surface area contributed by atoms with E-state index in [0.29, 0.717) is 16.9 Å². The zero-order valence-electron chi connectivity index (χ0n) is 17.1. The van der Waals surface area contributed by atoms with Gasteiger partial charge in [0.1, 0.15) is 12.4 Å². The Kier molecular flexibility index (Phi) is 7.16. The van der Waals surface area contributed by atoms with Crippen molar-refractivity contribution in [3.05, 3.63) is 59.2 Å². The Morgan fingerprint density at radius 2 is 1.76 bits per heavy atom. The van der Waals surface area contributed by atoms with Gasteiger partial charge in [-0.15, -0.1) is 0 Å². The standard InChI is InChI=1S/C21H25NO6S/c1-14(2)22(4)29(25,26)19-8-6-7-17(12-19)21(24)28-13-18-11-16(15(3)23)9-10-20(18)27-5/h6-12,14H,13H2,1-5H3. The molecular formula is C21H25NO6S. The summed E-state index contributed by atoms with van der Waals surface area (Å²) >= 11 is 0. The number of ether oxygens (including phenoxy) is 2. The second kappa shape index (κ2) is 9.19. The highest BCUT2D eigenvalue weighted by Crippen LogP contribution is 2.23. The molecule has 0 spiro atoms. The van der Waals surface area contributed by atoms with Crippen LogP contribution in [0.1, 0.15) is 47.1 Å². The Hall–Kier alpha value is -2.71. The van der Waals surface area contributed by atoms with Crippen LogP contribution in [0, 0.1) is 0 Å². The number of nitrogens with zero attached hydrogens (tertiary/aromatic N) is 1. The summed E-state index contributed by atoms with van der Waals surface area (Å²) in [6.45, 7) is 4.85. The molecule has 7 nitrogen and oxygen atoms in total. The Bertz CT molecular complexity index is 1010. The highest BCUT2D eigenvalue weighted by molar-refractivity contribution is 7.89. The zero-order valence-corrected chi connectivity index (χ0v) is 17.9. The topological polar surface area (TPSA) is 90.0 Å². The maximum absolute atomic E-state index is 12.6. The molecule has 0 amide bonds. The number of hydrogen-bond acceptors (Lipinski definition) is 6. The van der Waals surface area contributed by atoms with Crippen LogP contribution in [-0.2, 0) is 21.4 Å². The van der Waals surface area contributed by atoms with Crippen molar-refractivity contribution in [2.75, 3.05) is 14.2 Å². The third kappa shape index (κ3) is 5.21. The molecule has 0 bridgehead atoms. The van der Waals surface area contributed by atoms with E-state index in [2.05, 4.69) is 0 Å². The predicted molar refractivity (Wildman–Crippen MR) is 109 cm³/mol. The normalized spacial score (nSPS) is 11.6. The molecule has 29 heavy (non-hydrogen) atoms. The van der Waals surface area contributed by atoms with Crippen molar-refractivity contribution in [2.24, 2.45) is 0 Å². The molecule has 0 radical (unpaired) electrons. The van der Waals surface area contributed by atoms with Crippen molar-refractivity contribution in [2.45, 2.75) is 38.3 Å². The molecule has 0 heterocycles. The number of esters is 1. The van der Waals surface area contributed by atoms with Crippen LogP contribution in [0.5, 0.6) is 5.75 Å². The lowest BCUT2D eigenvalue weighted by Crippen LogP contribution is -2.33. The van der Waals surface area contributed by atoms with Crippen LogP contribution >= 0.6 is 0 Å². The Morgan fingerprint density at radius 3 is 2.34 bits per heavy atom. The Labute approximate surface area is 171 Å². The van der Waals surface area contributed by atoms with Gasteiger partial charge in [-0.1, -0.05) is 6.07 Å². The summed E-state index contributed by atoms with van der Waals surface area (Å²) in [7, 11) is -0.754. The molecule has 2 rings (SSSR count). The quantitative estimate of drug-likeness (QED) is 0.482. The van der Waals surface area contributed by atoms with E-state index in [1.54, 1.807) is 32.0 Å². The van der Waals surface area contributed by atoms with E-state index in [1.165, 1.54) is 49.7 Å². The molecule has 0 fully saturated rings. The average Bonchev–Trinajstić information content (AvgIpc) is 2.70. The minimum atomic E-state index is -3.72. The first-order chi connectivity index (χ1) is 13.6. The van der Waals surface area contributed by atoms with Crippen LogP contribution in [0.25, 0.3) is 0 Å². The smallest absolute Gasteiger partial charge is 0.338 e. The highest BCUT2D eigenvalue weighted by atomic mass is 32.2. The van der Waals surface area contributed by atoms with E-state index in [1.807, 2.05) is 0 Å². The SMILES string of the molecule is COc1ccc(C(C)=O)cc1COC(=O)c1cccc(S(=O)(=O)N(C)C(C)C)c1. The first kappa shape index (κ1) is 22.6. The monoisotopic (exact) mass is 419 g/mol. The van der Waals surface area contributed by atoms with Crippen LogP contribution in [0.3, 0.4) is 0 Å². The molecule has 0 saturated carbocycles. The van der Waals surface area contributed by atoms with Crippen molar-refractivity contribution in [3.63, 3.8) is 0 Å². The fourth-order valence-electron chi connectivity index (χ4n) is 2.56. The van der Waals surface area contributed by atoms with Crippen molar-refractivity contribution >= 4 is 21.8 Å². The van der Waals surface area contributed by atoms with Gasteiger partial charge in [-0.05, 0) is 57.2 Å². The molecule has 0 N–H and O–H groups in total. The minimum absolute atomic E-state index is 0.0132. The zero-order chi connectivity index (χ0) is 21.8. The van der Waals surface area contributed by atoms with E-state index in [0.717, 1.165) is 0 Å². The maximum Gasteiger partial charge on any atom is 0.338 e. The molecule has 0 aliphatic rings. The van der Waals surface area contributed by atoms with Gasteiger partial charge in [-0.25, -0.2) is 13.2 Å². The van der Waals surface area contributed by atoms with E-state index in [-0.39, 0.29) is 28.9 Å². The molecular weight excluding hydrogens is 394 g/mol. The van der Waals surface area contributed by atoms with Gasteiger partial charge in [0.05, 0.1) is 17.6 Å². The van der Waals surface area contributed by atoms with Crippen molar-refractivity contribution in [3.8, 4) is 5.75 Å². The van der Waals surface area contributed by atoms with Crippen molar-refractivity contribution in [1.29, 1.82) is 0 Å². The lowest BCUT2D eigenvalue weighted by molar-refractivity contribution is 0.0470. The molecule has 2 aromatic carbocycles. The summed E-state index contributed by atoms with van der Waals surface area (Å²) in [6, 6.07) is 10.4. The van der Waals surface area contributed by atoms with E-state index in [9.17, 15) is 18.0 Å². The van der Waals surface area contributed by atoms with Gasteiger partial charge in [0.25, 0.3) is 0 Å². The van der Waals surface area contributed by atoms with E-state index >= 15 is 0 Å². The molecule has 0 atom stereocenters. The van der Waals surface area contributed by atoms with Crippen LogP contribution < -0.4 is 4.74 Å². The van der Waals surface area contributed by atoms with Gasteiger partial charge in [0.2, 0.25) is 10.0 Å². The van der Waals surface area contributed by atoms with E-state index in [4.69, 9.17) is 9.47 Å². The van der Waals surface area contributed by atoms with Gasteiger partial charge in [-0.3, -0.25) is 4.79 Å². The number of rotatable bonds is 8. The average molecular weight is 419 g/mol. The first-order valence-corrected chi connectivity index (χ1v) is 10.4. The second-order valence-corrected chi connectivity index (χ2v) is 8.80. The molecule has 0 saturated heterocycles. The number of benzene rings is 2. The van der Waals surface area contributed by atoms with E-state index < -0.39 is 16.0 Å². The number of methoxy groups -OCH3 is 1. The summed E-state index contributed by atoms with van der Waals surface area (Å²) in [6.07, 6.45) is 0. The van der Waals surface area contributed by atoms with Crippen molar-refractivity contribution in [1.82, 2.24) is 4.31 Å². The highest BCUT2D eigenvalue weighted by Gasteiger charge is 2.24. The summed E-state index contributed by atoms with van der Waals surface area (Å²) in [5.41, 5.74) is 1.13. The minimum Gasteiger partial charge on any atom is -0.496 e. The van der Waals surface area contributed by atoms with Gasteiger partial charge >= 0.3 is 5.97 Å². The summed E-state index contributed by atoms with van der Waals surface area (Å²) in [5.74, 6) is -0.311. The second-order valence-electron chi connectivity index (χ2n) is 6.80. The Balaban J connectivity index is 2.23. The molecule has 0 aromatic heterocycles. The molecule has 2 aromatic rings. The van der Waals surface area contributed by atoms with Gasteiger partial charge in [0, 0.05) is 24.2 Å². The molecule has 156 valence electrons. The van der Waals surface area contributed by atoms with Crippen molar-refractivity contribution < 1.29 is 27.5 Å². The lowest BCUT2D eigenvalue weighted by atomic mass is 10.1. The van der Waals surface area contributed by atoms with Gasteiger partial charge in [0.15, 0.2) is 5.78 Å². The third-order valence-electron chi connectivity index (χ3n) is 4.52. The van der Waals surface area contributed by atoms with Crippen LogP contribution in [0.15, 0.2) is 47.4 Å². The van der Waals surface area contributed by atoms with Crippen LogP contribution in [-0.4, -0.2) is 44.7 Å². The lowest BCUT2D eigenvalue weighted by Gasteiger charge is -2.21. The summed E-state index contributed by atoms with van der Waals surface area (Å²) in [5, 5.41) is 0. The number of sulfonamides is 1. The predicted octanol–water partition coefficient (Wildman–Crippen LogP) is 3.28. The maximum atomic E-state index is 12.6. The number of hydrogen-bond donors (Lipinski definition) is 0. The van der Waals surface area contributed by atoms with Crippen LogP contribution in [0.2, 0.25) is 0 Å². The fraction of sp³-hybridized carbons (Fsp3) is 0.333. The summed E-state index contributed by atoms with van der Waals surface area (Å²) < 4.78 is 37.1. The van der Waals surface area contributed by atoms with Crippen LogP contribution in [0.4, 0.5) is 0 Å². The number of Topliss-reactive ketones (excluding diaryl/α,β-unsaturated/α-hetero) is 1. The largest absolute Gasteiger partial charge is 0.496 e. The fourth-order valence-corrected chi connectivity index (χ4v) is 3.98. The number of carbonyl (C=O) groups excluding carboxylic acids is 2. The molecule has 8 heteroatoms. The number of ketones is 1. The Morgan fingerprint density at radius 1 is 1.07 bits per heavy atom. The molecule has 0 aliphatic carbocycles. The van der Waals surface area contributed by atoms with Gasteiger partial charge in [-0.2, -0.15) is 4.31 Å². The van der Waals surface area contributed by atoms with Gasteiger partial charge < -0.3 is 9.47 Å². The molecule has 0 unspecified atom stereocenters. The first-order valence-electron chi connectivity index (χ1n) is 9.01.